The van der Waals surface area contributed by atoms with Gasteiger partial charge < -0.3 is 4.74 Å². The van der Waals surface area contributed by atoms with Gasteiger partial charge in [-0.2, -0.15) is 0 Å². The zero-order valence-electron chi connectivity index (χ0n) is 12.1. The van der Waals surface area contributed by atoms with Gasteiger partial charge in [0.2, 0.25) is 0 Å². The van der Waals surface area contributed by atoms with Crippen molar-refractivity contribution in [3.8, 4) is 18.1 Å². The Balaban J connectivity index is 2.04. The normalized spacial score (nSPS) is 14.8. The lowest BCUT2D eigenvalue weighted by atomic mass is 10.1. The van der Waals surface area contributed by atoms with E-state index in [1.807, 2.05) is 48.5 Å². The van der Waals surface area contributed by atoms with Crippen LogP contribution in [0.3, 0.4) is 0 Å². The molecule has 0 unspecified atom stereocenters. The van der Waals surface area contributed by atoms with Crippen LogP contribution in [0.5, 0.6) is 5.75 Å². The molecule has 0 atom stereocenters. The Bertz CT molecular complexity index is 785. The smallest absolute Gasteiger partial charge is 0.278 e. The van der Waals surface area contributed by atoms with Gasteiger partial charge in [-0.15, -0.1) is 6.42 Å². The van der Waals surface area contributed by atoms with Gasteiger partial charge in [-0.05, 0) is 30.3 Å². The molecular weight excluding hydrogens is 276 g/mol. The van der Waals surface area contributed by atoms with E-state index >= 15 is 0 Å². The van der Waals surface area contributed by atoms with E-state index in [0.717, 1.165) is 17.0 Å². The van der Waals surface area contributed by atoms with Gasteiger partial charge in [-0.25, -0.2) is 4.99 Å². The number of ether oxygens (including phenoxy) is 1. The zero-order chi connectivity index (χ0) is 15.5. The minimum atomic E-state index is -0.171. The summed E-state index contributed by atoms with van der Waals surface area (Å²) >= 11 is 0. The molecule has 4 nitrogen and oxygen atoms in total. The second-order valence-corrected chi connectivity index (χ2v) is 4.77. The van der Waals surface area contributed by atoms with Crippen molar-refractivity contribution >= 4 is 23.0 Å². The number of anilines is 1. The van der Waals surface area contributed by atoms with Crippen LogP contribution in [-0.2, 0) is 4.79 Å². The van der Waals surface area contributed by atoms with Crippen LogP contribution in [0.15, 0.2) is 53.5 Å². The third-order valence-corrected chi connectivity index (χ3v) is 3.46. The summed E-state index contributed by atoms with van der Waals surface area (Å²) in [6.45, 7) is 0.234. The molecule has 0 fully saturated rings. The van der Waals surface area contributed by atoms with Crippen LogP contribution in [0, 0.1) is 12.3 Å². The number of hydrogen-bond donors (Lipinski definition) is 0. The van der Waals surface area contributed by atoms with Gasteiger partial charge in [-0.1, -0.05) is 24.1 Å². The average molecular weight is 290 g/mol. The monoisotopic (exact) mass is 290 g/mol. The molecule has 108 valence electrons. The lowest BCUT2D eigenvalue weighted by Gasteiger charge is -2.12. The first-order chi connectivity index (χ1) is 10.7. The molecule has 2 aromatic rings. The first-order valence-electron chi connectivity index (χ1n) is 6.82. The molecule has 1 aliphatic heterocycles. The van der Waals surface area contributed by atoms with Crippen LogP contribution in [0.2, 0.25) is 0 Å². The number of amides is 1. The van der Waals surface area contributed by atoms with E-state index in [1.54, 1.807) is 12.0 Å². The summed E-state index contributed by atoms with van der Waals surface area (Å²) < 4.78 is 5.12. The molecule has 3 rings (SSSR count). The largest absolute Gasteiger partial charge is 0.497 e. The summed E-state index contributed by atoms with van der Waals surface area (Å²) in [7, 11) is 1.61. The van der Waals surface area contributed by atoms with E-state index in [4.69, 9.17) is 11.2 Å². The molecule has 0 spiro atoms. The molecular formula is C18H14N2O2. The topological polar surface area (TPSA) is 41.9 Å². The summed E-state index contributed by atoms with van der Waals surface area (Å²) in [5.74, 6) is 3.09. The number of carbonyl (C=O) groups excluding carboxylic acids is 1. The molecule has 0 N–H and O–H groups in total. The maximum absolute atomic E-state index is 12.6. The minimum Gasteiger partial charge on any atom is -0.497 e. The van der Waals surface area contributed by atoms with E-state index in [9.17, 15) is 4.79 Å². The van der Waals surface area contributed by atoms with Crippen LogP contribution in [0.25, 0.3) is 0 Å². The van der Waals surface area contributed by atoms with Crippen molar-refractivity contribution in [1.82, 2.24) is 0 Å². The van der Waals surface area contributed by atoms with Crippen molar-refractivity contribution in [2.75, 3.05) is 18.6 Å². The fraction of sp³-hybridized carbons (Fsp3) is 0.111. The third kappa shape index (κ3) is 2.33. The maximum Gasteiger partial charge on any atom is 0.278 e. The molecule has 0 saturated heterocycles. The summed E-state index contributed by atoms with van der Waals surface area (Å²) in [5.41, 5.74) is 2.72. The molecule has 2 aromatic carbocycles. The molecule has 1 amide bonds. The van der Waals surface area contributed by atoms with Crippen LogP contribution in [0.1, 0.15) is 5.56 Å². The van der Waals surface area contributed by atoms with Crippen molar-refractivity contribution in [1.29, 1.82) is 0 Å². The number of terminal acetylenes is 1. The Morgan fingerprint density at radius 3 is 2.59 bits per heavy atom. The molecule has 22 heavy (non-hydrogen) atoms. The highest BCUT2D eigenvalue weighted by atomic mass is 16.5. The van der Waals surface area contributed by atoms with Crippen molar-refractivity contribution in [2.45, 2.75) is 0 Å². The lowest BCUT2D eigenvalue weighted by molar-refractivity contribution is -0.112. The number of nitrogens with zero attached hydrogens (tertiary/aromatic N) is 2. The van der Waals surface area contributed by atoms with Gasteiger partial charge in [0, 0.05) is 5.56 Å². The van der Waals surface area contributed by atoms with Crippen LogP contribution < -0.4 is 9.64 Å². The number of fused-ring (bicyclic) bond motifs is 1. The van der Waals surface area contributed by atoms with Gasteiger partial charge in [0.1, 0.15) is 11.5 Å². The SMILES string of the molecule is C#CCN1C(=O)C(=Nc2ccc(OC)cc2)c2ccccc21. The molecule has 0 saturated carbocycles. The van der Waals surface area contributed by atoms with Gasteiger partial charge in [0.15, 0.2) is 0 Å². The van der Waals surface area contributed by atoms with Crippen molar-refractivity contribution in [3.63, 3.8) is 0 Å². The van der Waals surface area contributed by atoms with Gasteiger partial charge in [0.05, 0.1) is 25.0 Å². The lowest BCUT2D eigenvalue weighted by Crippen LogP contribution is -2.30. The predicted molar refractivity (Wildman–Crippen MR) is 86.8 cm³/mol. The molecule has 4 heteroatoms. The maximum atomic E-state index is 12.6. The summed E-state index contributed by atoms with van der Waals surface area (Å²) in [6.07, 6.45) is 5.36. The first-order valence-corrected chi connectivity index (χ1v) is 6.82. The highest BCUT2D eigenvalue weighted by Gasteiger charge is 2.32. The van der Waals surface area contributed by atoms with Crippen LogP contribution in [0.4, 0.5) is 11.4 Å². The number of aliphatic imine (C=N–C) groups is 1. The van der Waals surface area contributed by atoms with E-state index in [0.29, 0.717) is 11.4 Å². The molecule has 0 aliphatic carbocycles. The minimum absolute atomic E-state index is 0.171. The van der Waals surface area contributed by atoms with E-state index in [2.05, 4.69) is 10.9 Å². The van der Waals surface area contributed by atoms with Crippen molar-refractivity contribution in [2.24, 2.45) is 4.99 Å². The van der Waals surface area contributed by atoms with Crippen molar-refractivity contribution < 1.29 is 9.53 Å². The molecule has 0 radical (unpaired) electrons. The number of hydrogen-bond acceptors (Lipinski definition) is 3. The number of para-hydroxylation sites is 1. The quantitative estimate of drug-likeness (QED) is 0.816. The first kappa shape index (κ1) is 13.9. The van der Waals surface area contributed by atoms with Gasteiger partial charge in [0.25, 0.3) is 5.91 Å². The number of carbonyl (C=O) groups is 1. The second-order valence-electron chi connectivity index (χ2n) is 4.77. The Kier molecular flexibility index (Phi) is 3.63. The Labute approximate surface area is 129 Å². The second kappa shape index (κ2) is 5.74. The van der Waals surface area contributed by atoms with Gasteiger partial charge >= 0.3 is 0 Å². The Morgan fingerprint density at radius 1 is 1.18 bits per heavy atom. The van der Waals surface area contributed by atoms with Crippen molar-refractivity contribution in [3.05, 3.63) is 54.1 Å². The van der Waals surface area contributed by atoms with Gasteiger partial charge in [-0.3, -0.25) is 9.69 Å². The zero-order valence-corrected chi connectivity index (χ0v) is 12.1. The predicted octanol–water partition coefficient (Wildman–Crippen LogP) is 2.80. The van der Waals surface area contributed by atoms with Crippen LogP contribution >= 0.6 is 0 Å². The fourth-order valence-corrected chi connectivity index (χ4v) is 2.40. The summed E-state index contributed by atoms with van der Waals surface area (Å²) in [6, 6.07) is 14.8. The van der Waals surface area contributed by atoms with E-state index < -0.39 is 0 Å². The summed E-state index contributed by atoms with van der Waals surface area (Å²) in [5, 5.41) is 0. The standard InChI is InChI=1S/C18H14N2O2/c1-3-12-20-16-7-5-4-6-15(16)17(18(20)21)19-13-8-10-14(22-2)11-9-13/h1,4-11H,12H2,2H3. The van der Waals surface area contributed by atoms with E-state index in [1.165, 1.54) is 0 Å². The Hall–Kier alpha value is -3.06. The Morgan fingerprint density at radius 2 is 1.91 bits per heavy atom. The number of benzene rings is 2. The average Bonchev–Trinajstić information content (AvgIpc) is 2.82. The third-order valence-electron chi connectivity index (χ3n) is 3.46. The molecule has 1 aliphatic rings. The number of rotatable bonds is 3. The molecule has 1 heterocycles. The van der Waals surface area contributed by atoms with Crippen LogP contribution in [-0.4, -0.2) is 25.3 Å². The summed E-state index contributed by atoms with van der Waals surface area (Å²) in [4.78, 5) is 18.6. The highest BCUT2D eigenvalue weighted by molar-refractivity contribution is 6.54. The van der Waals surface area contributed by atoms with E-state index in [-0.39, 0.29) is 12.5 Å². The molecule has 0 aromatic heterocycles. The number of methoxy groups -OCH3 is 1. The fourth-order valence-electron chi connectivity index (χ4n) is 2.40. The molecule has 0 bridgehead atoms. The highest BCUT2D eigenvalue weighted by Crippen LogP contribution is 2.30.